The highest BCUT2D eigenvalue weighted by Gasteiger charge is 2.12. The zero-order valence-corrected chi connectivity index (χ0v) is 10.1. The van der Waals surface area contributed by atoms with Gasteiger partial charge in [0.1, 0.15) is 0 Å². The first-order chi connectivity index (χ1) is 7.90. The Bertz CT molecular complexity index is 340. The van der Waals surface area contributed by atoms with Gasteiger partial charge in [-0.1, -0.05) is 42.0 Å². The average molecular weight is 215 g/mol. The van der Waals surface area contributed by atoms with Crippen LogP contribution in [0.5, 0.6) is 0 Å². The van der Waals surface area contributed by atoms with E-state index >= 15 is 0 Å². The van der Waals surface area contributed by atoms with Crippen LogP contribution < -0.4 is 5.32 Å². The van der Waals surface area contributed by atoms with E-state index in [2.05, 4.69) is 48.8 Å². The Morgan fingerprint density at radius 3 is 2.62 bits per heavy atom. The smallest absolute Gasteiger partial charge is 0.0355 e. The van der Waals surface area contributed by atoms with Crippen LogP contribution in [0.3, 0.4) is 0 Å². The lowest BCUT2D eigenvalue weighted by atomic mass is 9.92. The molecule has 0 bridgehead atoms. The number of hydrogen-bond acceptors (Lipinski definition) is 1. The normalized spacial score (nSPS) is 17.9. The van der Waals surface area contributed by atoms with Crippen molar-refractivity contribution in [3.8, 4) is 0 Å². The molecule has 0 radical (unpaired) electrons. The van der Waals surface area contributed by atoms with E-state index in [-0.39, 0.29) is 0 Å². The Kier molecular flexibility index (Phi) is 4.17. The van der Waals surface area contributed by atoms with Gasteiger partial charge in [-0.05, 0) is 44.7 Å². The summed E-state index contributed by atoms with van der Waals surface area (Å²) >= 11 is 0. The Balaban J connectivity index is 2.03. The predicted molar refractivity (Wildman–Crippen MR) is 69.4 cm³/mol. The molecule has 0 saturated heterocycles. The summed E-state index contributed by atoms with van der Waals surface area (Å²) in [4.78, 5) is 0. The highest BCUT2D eigenvalue weighted by atomic mass is 14.9. The number of benzene rings is 1. The van der Waals surface area contributed by atoms with Crippen molar-refractivity contribution in [1.82, 2.24) is 5.32 Å². The zero-order valence-electron chi connectivity index (χ0n) is 10.1. The SMILES string of the molecule is CNC(CC1=CCCCC1)c1ccccc1. The van der Waals surface area contributed by atoms with Crippen LogP contribution in [0.25, 0.3) is 0 Å². The summed E-state index contributed by atoms with van der Waals surface area (Å²) < 4.78 is 0. The summed E-state index contributed by atoms with van der Waals surface area (Å²) in [6.45, 7) is 0. The predicted octanol–water partition coefficient (Wildman–Crippen LogP) is 3.84. The number of rotatable bonds is 4. The van der Waals surface area contributed by atoms with Crippen LogP contribution >= 0.6 is 0 Å². The summed E-state index contributed by atoms with van der Waals surface area (Å²) in [6.07, 6.45) is 8.93. The molecular formula is C15H21N. The molecule has 16 heavy (non-hydrogen) atoms. The van der Waals surface area contributed by atoms with Gasteiger partial charge in [0.15, 0.2) is 0 Å². The fourth-order valence-electron chi connectivity index (χ4n) is 2.42. The Labute approximate surface area is 98.6 Å². The van der Waals surface area contributed by atoms with E-state index in [4.69, 9.17) is 0 Å². The first kappa shape index (κ1) is 11.4. The molecular weight excluding hydrogens is 194 g/mol. The second-order valence-electron chi connectivity index (χ2n) is 4.56. The van der Waals surface area contributed by atoms with Crippen molar-refractivity contribution >= 4 is 0 Å². The lowest BCUT2D eigenvalue weighted by Gasteiger charge is -2.20. The second kappa shape index (κ2) is 5.86. The monoisotopic (exact) mass is 215 g/mol. The highest BCUT2D eigenvalue weighted by molar-refractivity contribution is 5.21. The van der Waals surface area contributed by atoms with Crippen LogP contribution in [0.4, 0.5) is 0 Å². The minimum absolute atomic E-state index is 0.477. The number of hydrogen-bond donors (Lipinski definition) is 1. The number of allylic oxidation sites excluding steroid dienone is 1. The molecule has 2 rings (SSSR count). The van der Waals surface area contributed by atoms with Crippen LogP contribution in [0.2, 0.25) is 0 Å². The molecule has 1 aromatic carbocycles. The van der Waals surface area contributed by atoms with Gasteiger partial charge in [0, 0.05) is 6.04 Å². The van der Waals surface area contributed by atoms with Crippen molar-refractivity contribution in [2.75, 3.05) is 7.05 Å². The Morgan fingerprint density at radius 1 is 1.19 bits per heavy atom. The van der Waals surface area contributed by atoms with E-state index < -0.39 is 0 Å². The molecule has 1 unspecified atom stereocenters. The molecule has 1 aliphatic carbocycles. The largest absolute Gasteiger partial charge is 0.313 e. The van der Waals surface area contributed by atoms with Gasteiger partial charge in [-0.25, -0.2) is 0 Å². The minimum Gasteiger partial charge on any atom is -0.313 e. The van der Waals surface area contributed by atoms with Crippen molar-refractivity contribution in [3.63, 3.8) is 0 Å². The van der Waals surface area contributed by atoms with Gasteiger partial charge in [-0.3, -0.25) is 0 Å². The first-order valence-corrected chi connectivity index (χ1v) is 6.30. The molecule has 0 fully saturated rings. The maximum Gasteiger partial charge on any atom is 0.0355 e. The van der Waals surface area contributed by atoms with Crippen LogP contribution in [0.1, 0.15) is 43.7 Å². The van der Waals surface area contributed by atoms with Crippen molar-refractivity contribution in [2.45, 2.75) is 38.1 Å². The molecule has 1 nitrogen and oxygen atoms in total. The molecule has 1 aliphatic rings. The van der Waals surface area contributed by atoms with Crippen molar-refractivity contribution < 1.29 is 0 Å². The zero-order chi connectivity index (χ0) is 11.2. The topological polar surface area (TPSA) is 12.0 Å². The van der Waals surface area contributed by atoms with Crippen molar-refractivity contribution in [3.05, 3.63) is 47.5 Å². The summed E-state index contributed by atoms with van der Waals surface area (Å²) in [5.41, 5.74) is 3.03. The van der Waals surface area contributed by atoms with Crippen LogP contribution in [0.15, 0.2) is 42.0 Å². The summed E-state index contributed by atoms with van der Waals surface area (Å²) in [7, 11) is 2.06. The standard InChI is InChI=1S/C15H21N/c1-16-15(14-10-6-3-7-11-14)12-13-8-4-2-5-9-13/h3,6-8,10-11,15-16H,2,4-5,9,12H2,1H3. The summed E-state index contributed by atoms with van der Waals surface area (Å²) in [5, 5.41) is 3.42. The first-order valence-electron chi connectivity index (χ1n) is 6.30. The molecule has 86 valence electrons. The minimum atomic E-state index is 0.477. The summed E-state index contributed by atoms with van der Waals surface area (Å²) in [5.74, 6) is 0. The van der Waals surface area contributed by atoms with E-state index in [0.717, 1.165) is 0 Å². The van der Waals surface area contributed by atoms with Crippen molar-refractivity contribution in [1.29, 1.82) is 0 Å². The van der Waals surface area contributed by atoms with Crippen molar-refractivity contribution in [2.24, 2.45) is 0 Å². The van der Waals surface area contributed by atoms with Crippen LogP contribution in [-0.2, 0) is 0 Å². The van der Waals surface area contributed by atoms with Gasteiger partial charge < -0.3 is 5.32 Å². The molecule has 0 spiro atoms. The third-order valence-corrected chi connectivity index (χ3v) is 3.40. The van der Waals surface area contributed by atoms with Gasteiger partial charge in [0.2, 0.25) is 0 Å². The maximum atomic E-state index is 3.42. The van der Waals surface area contributed by atoms with Crippen LogP contribution in [0, 0.1) is 0 Å². The Morgan fingerprint density at radius 2 is 2.00 bits per heavy atom. The highest BCUT2D eigenvalue weighted by Crippen LogP contribution is 2.27. The molecule has 1 heteroatoms. The van der Waals surface area contributed by atoms with E-state index in [1.54, 1.807) is 5.57 Å². The molecule has 1 N–H and O–H groups in total. The second-order valence-corrected chi connectivity index (χ2v) is 4.56. The van der Waals surface area contributed by atoms with E-state index in [9.17, 15) is 0 Å². The van der Waals surface area contributed by atoms with Gasteiger partial charge in [0.25, 0.3) is 0 Å². The van der Waals surface area contributed by atoms with Gasteiger partial charge >= 0.3 is 0 Å². The fraction of sp³-hybridized carbons (Fsp3) is 0.467. The molecule has 1 atom stereocenters. The molecule has 0 amide bonds. The van der Waals surface area contributed by atoms with E-state index in [1.165, 1.54) is 37.7 Å². The van der Waals surface area contributed by atoms with Gasteiger partial charge in [0.05, 0.1) is 0 Å². The fourth-order valence-corrected chi connectivity index (χ4v) is 2.42. The van der Waals surface area contributed by atoms with E-state index in [1.807, 2.05) is 0 Å². The molecule has 0 aromatic heterocycles. The number of nitrogens with one attached hydrogen (secondary N) is 1. The molecule has 1 aromatic rings. The average Bonchev–Trinajstić information content (AvgIpc) is 2.38. The Hall–Kier alpha value is -1.08. The van der Waals surface area contributed by atoms with Crippen LogP contribution in [-0.4, -0.2) is 7.05 Å². The quantitative estimate of drug-likeness (QED) is 0.752. The van der Waals surface area contributed by atoms with Gasteiger partial charge in [-0.15, -0.1) is 0 Å². The lowest BCUT2D eigenvalue weighted by molar-refractivity contribution is 0.559. The third-order valence-electron chi connectivity index (χ3n) is 3.40. The van der Waals surface area contributed by atoms with E-state index in [0.29, 0.717) is 6.04 Å². The summed E-state index contributed by atoms with van der Waals surface area (Å²) in [6, 6.07) is 11.2. The molecule has 0 aliphatic heterocycles. The molecule has 0 heterocycles. The lowest BCUT2D eigenvalue weighted by Crippen LogP contribution is -2.17. The van der Waals surface area contributed by atoms with Gasteiger partial charge in [-0.2, -0.15) is 0 Å². The molecule has 0 saturated carbocycles. The third kappa shape index (κ3) is 2.96. The maximum absolute atomic E-state index is 3.42.